The van der Waals surface area contributed by atoms with Crippen molar-refractivity contribution in [2.75, 3.05) is 12.4 Å². The average Bonchev–Trinajstić information content (AvgIpc) is 2.42. The molecule has 2 aromatic rings. The molecule has 0 atom stereocenters. The standard InChI is InChI=1S/C10H11N3.2C2H6/c1-7-12-6-8-5-9(11-2)3-4-10(8)13-7;2*1-2/h3-6,11H,1-2H3;2*1-2H3. The molecule has 1 aromatic heterocycles. The van der Waals surface area contributed by atoms with Crippen LogP contribution in [0, 0.1) is 6.92 Å². The average molecular weight is 233 g/mol. The van der Waals surface area contributed by atoms with Crippen molar-refractivity contribution in [3.05, 3.63) is 30.2 Å². The van der Waals surface area contributed by atoms with Gasteiger partial charge in [0.15, 0.2) is 0 Å². The molecule has 0 unspecified atom stereocenters. The van der Waals surface area contributed by atoms with Gasteiger partial charge in [0.25, 0.3) is 0 Å². The molecule has 0 spiro atoms. The van der Waals surface area contributed by atoms with Crippen LogP contribution in [0.2, 0.25) is 0 Å². The van der Waals surface area contributed by atoms with E-state index in [4.69, 9.17) is 0 Å². The number of benzene rings is 1. The molecule has 3 heteroatoms. The Hall–Kier alpha value is -1.64. The Kier molecular flexibility index (Phi) is 7.68. The van der Waals surface area contributed by atoms with Crippen LogP contribution >= 0.6 is 0 Å². The lowest BCUT2D eigenvalue weighted by Gasteiger charge is -2.01. The molecule has 0 radical (unpaired) electrons. The van der Waals surface area contributed by atoms with E-state index < -0.39 is 0 Å². The van der Waals surface area contributed by atoms with Crippen LogP contribution in [0.1, 0.15) is 33.5 Å². The lowest BCUT2D eigenvalue weighted by molar-refractivity contribution is 1.09. The quantitative estimate of drug-likeness (QED) is 0.808. The van der Waals surface area contributed by atoms with E-state index >= 15 is 0 Å². The van der Waals surface area contributed by atoms with Crippen LogP contribution in [0.5, 0.6) is 0 Å². The molecule has 0 fully saturated rings. The summed E-state index contributed by atoms with van der Waals surface area (Å²) >= 11 is 0. The molecule has 94 valence electrons. The van der Waals surface area contributed by atoms with E-state index in [0.29, 0.717) is 0 Å². The molecule has 0 saturated carbocycles. The van der Waals surface area contributed by atoms with Gasteiger partial charge in [-0.25, -0.2) is 9.97 Å². The van der Waals surface area contributed by atoms with Crippen LogP contribution < -0.4 is 5.32 Å². The maximum atomic E-state index is 4.31. The van der Waals surface area contributed by atoms with Gasteiger partial charge in [-0.1, -0.05) is 27.7 Å². The molecule has 0 aliphatic rings. The molecular formula is C14H23N3. The molecule has 0 aliphatic carbocycles. The summed E-state index contributed by atoms with van der Waals surface area (Å²) in [6.45, 7) is 9.89. The number of nitrogens with zero attached hydrogens (tertiary/aromatic N) is 2. The summed E-state index contributed by atoms with van der Waals surface area (Å²) in [5.41, 5.74) is 2.08. The van der Waals surface area contributed by atoms with Gasteiger partial charge < -0.3 is 5.32 Å². The van der Waals surface area contributed by atoms with Gasteiger partial charge in [0.1, 0.15) is 5.82 Å². The van der Waals surface area contributed by atoms with Crippen molar-refractivity contribution in [2.45, 2.75) is 34.6 Å². The minimum absolute atomic E-state index is 0.810. The summed E-state index contributed by atoms with van der Waals surface area (Å²) in [6.07, 6.45) is 1.85. The first-order valence-corrected chi connectivity index (χ1v) is 6.21. The Bertz CT molecular complexity index is 438. The van der Waals surface area contributed by atoms with Crippen molar-refractivity contribution in [2.24, 2.45) is 0 Å². The van der Waals surface area contributed by atoms with E-state index in [2.05, 4.69) is 15.3 Å². The zero-order valence-corrected chi connectivity index (χ0v) is 11.7. The molecule has 0 saturated heterocycles. The van der Waals surface area contributed by atoms with E-state index in [-0.39, 0.29) is 0 Å². The second kappa shape index (κ2) is 8.50. The maximum absolute atomic E-state index is 4.31. The third kappa shape index (κ3) is 4.39. The minimum Gasteiger partial charge on any atom is -0.388 e. The van der Waals surface area contributed by atoms with Crippen molar-refractivity contribution in [1.82, 2.24) is 9.97 Å². The summed E-state index contributed by atoms with van der Waals surface area (Å²) in [5.74, 6) is 0.810. The number of aromatic nitrogens is 2. The lowest BCUT2D eigenvalue weighted by atomic mass is 10.2. The third-order valence-electron chi connectivity index (χ3n) is 1.99. The number of hydrogen-bond acceptors (Lipinski definition) is 3. The Balaban J connectivity index is 0.000000581. The van der Waals surface area contributed by atoms with Crippen molar-refractivity contribution < 1.29 is 0 Å². The number of anilines is 1. The first-order valence-electron chi connectivity index (χ1n) is 6.21. The van der Waals surface area contributed by atoms with Crippen LogP contribution in [0.4, 0.5) is 5.69 Å². The number of hydrogen-bond donors (Lipinski definition) is 1. The van der Waals surface area contributed by atoms with Gasteiger partial charge in [-0.3, -0.25) is 0 Å². The summed E-state index contributed by atoms with van der Waals surface area (Å²) in [7, 11) is 1.90. The highest BCUT2D eigenvalue weighted by Crippen LogP contribution is 2.15. The molecular weight excluding hydrogens is 210 g/mol. The van der Waals surface area contributed by atoms with Crippen LogP contribution in [0.3, 0.4) is 0 Å². The van der Waals surface area contributed by atoms with Gasteiger partial charge >= 0.3 is 0 Å². The molecule has 0 amide bonds. The molecule has 1 heterocycles. The largest absolute Gasteiger partial charge is 0.388 e. The molecule has 0 bridgehead atoms. The fraction of sp³-hybridized carbons (Fsp3) is 0.429. The molecule has 1 N–H and O–H groups in total. The predicted molar refractivity (Wildman–Crippen MR) is 76.5 cm³/mol. The topological polar surface area (TPSA) is 37.8 Å². The minimum atomic E-state index is 0.810. The Labute approximate surface area is 104 Å². The van der Waals surface area contributed by atoms with Gasteiger partial charge in [-0.05, 0) is 25.1 Å². The van der Waals surface area contributed by atoms with E-state index in [1.807, 2.05) is 66.1 Å². The highest BCUT2D eigenvalue weighted by Gasteiger charge is 1.96. The van der Waals surface area contributed by atoms with Gasteiger partial charge in [-0.15, -0.1) is 0 Å². The fourth-order valence-corrected chi connectivity index (χ4v) is 1.28. The fourth-order valence-electron chi connectivity index (χ4n) is 1.28. The molecule has 0 aliphatic heterocycles. The normalized spacial score (nSPS) is 8.59. The van der Waals surface area contributed by atoms with E-state index in [1.165, 1.54) is 0 Å². The van der Waals surface area contributed by atoms with Crippen LogP contribution in [0.25, 0.3) is 10.9 Å². The van der Waals surface area contributed by atoms with Crippen LogP contribution in [0.15, 0.2) is 24.4 Å². The van der Waals surface area contributed by atoms with Gasteiger partial charge in [-0.2, -0.15) is 0 Å². The molecule has 3 nitrogen and oxygen atoms in total. The summed E-state index contributed by atoms with van der Waals surface area (Å²) < 4.78 is 0. The number of rotatable bonds is 1. The summed E-state index contributed by atoms with van der Waals surface area (Å²) in [6, 6.07) is 6.04. The Morgan fingerprint density at radius 3 is 2.29 bits per heavy atom. The van der Waals surface area contributed by atoms with E-state index in [9.17, 15) is 0 Å². The molecule has 2 rings (SSSR count). The van der Waals surface area contributed by atoms with Crippen molar-refractivity contribution >= 4 is 16.6 Å². The second-order valence-electron chi connectivity index (χ2n) is 2.94. The van der Waals surface area contributed by atoms with Crippen LogP contribution in [-0.2, 0) is 0 Å². The first-order chi connectivity index (χ1) is 8.29. The summed E-state index contributed by atoms with van der Waals surface area (Å²) in [4.78, 5) is 8.46. The molecule has 17 heavy (non-hydrogen) atoms. The van der Waals surface area contributed by atoms with E-state index in [1.54, 1.807) is 0 Å². The summed E-state index contributed by atoms with van der Waals surface area (Å²) in [5, 5.41) is 4.15. The zero-order chi connectivity index (χ0) is 13.3. The van der Waals surface area contributed by atoms with Gasteiger partial charge in [0, 0.05) is 24.3 Å². The maximum Gasteiger partial charge on any atom is 0.125 e. The highest BCUT2D eigenvalue weighted by molar-refractivity contribution is 5.81. The van der Waals surface area contributed by atoms with Crippen molar-refractivity contribution in [3.63, 3.8) is 0 Å². The predicted octanol–water partition coefficient (Wildman–Crippen LogP) is 4.03. The van der Waals surface area contributed by atoms with Crippen molar-refractivity contribution in [3.8, 4) is 0 Å². The van der Waals surface area contributed by atoms with Crippen molar-refractivity contribution in [1.29, 1.82) is 0 Å². The second-order valence-corrected chi connectivity index (χ2v) is 2.94. The highest BCUT2D eigenvalue weighted by atomic mass is 14.9. The van der Waals surface area contributed by atoms with Gasteiger partial charge in [0.05, 0.1) is 5.52 Å². The zero-order valence-electron chi connectivity index (χ0n) is 11.7. The lowest BCUT2D eigenvalue weighted by Crippen LogP contribution is -1.90. The molecule has 1 aromatic carbocycles. The van der Waals surface area contributed by atoms with Crippen LogP contribution in [-0.4, -0.2) is 17.0 Å². The SMILES string of the molecule is CC.CC.CNc1ccc2nc(C)ncc2c1. The smallest absolute Gasteiger partial charge is 0.125 e. The number of nitrogens with one attached hydrogen (secondary N) is 1. The Morgan fingerprint density at radius 2 is 1.71 bits per heavy atom. The number of fused-ring (bicyclic) bond motifs is 1. The monoisotopic (exact) mass is 233 g/mol. The number of aryl methyl sites for hydroxylation is 1. The first kappa shape index (κ1) is 15.4. The Morgan fingerprint density at radius 1 is 1.06 bits per heavy atom. The third-order valence-corrected chi connectivity index (χ3v) is 1.99. The van der Waals surface area contributed by atoms with E-state index in [0.717, 1.165) is 22.4 Å². The van der Waals surface area contributed by atoms with Gasteiger partial charge in [0.2, 0.25) is 0 Å².